The average molecular weight is 332 g/mol. The summed E-state index contributed by atoms with van der Waals surface area (Å²) in [7, 11) is 0. The summed E-state index contributed by atoms with van der Waals surface area (Å²) < 4.78 is 5.30. The number of nitrogens with zero attached hydrogens (tertiary/aromatic N) is 2. The fourth-order valence-electron chi connectivity index (χ4n) is 4.61. The number of amides is 1. The molecule has 4 heteroatoms. The Balaban J connectivity index is 1.38. The van der Waals surface area contributed by atoms with Crippen LogP contribution in [0.4, 0.5) is 0 Å². The van der Waals surface area contributed by atoms with Crippen LogP contribution in [0, 0.1) is 0 Å². The van der Waals surface area contributed by atoms with E-state index in [0.717, 1.165) is 37.7 Å². The van der Waals surface area contributed by atoms with Gasteiger partial charge in [-0.3, -0.25) is 4.79 Å². The summed E-state index contributed by atoms with van der Waals surface area (Å²) in [6.45, 7) is 1.57. The van der Waals surface area contributed by atoms with E-state index < -0.39 is 0 Å². The number of hydrogen-bond acceptors (Lipinski definition) is 3. The fraction of sp³-hybridized carbons (Fsp3) is 0.333. The van der Waals surface area contributed by atoms with Crippen LogP contribution in [0.3, 0.4) is 0 Å². The second kappa shape index (κ2) is 5.45. The Morgan fingerprint density at radius 3 is 2.64 bits per heavy atom. The van der Waals surface area contributed by atoms with Crippen LogP contribution in [0.5, 0.6) is 0 Å². The molecule has 0 radical (unpaired) electrons. The van der Waals surface area contributed by atoms with Gasteiger partial charge >= 0.3 is 0 Å². The van der Waals surface area contributed by atoms with Crippen molar-refractivity contribution in [1.29, 1.82) is 0 Å². The van der Waals surface area contributed by atoms with E-state index in [4.69, 9.17) is 4.52 Å². The molecule has 1 spiro atoms. The van der Waals surface area contributed by atoms with Gasteiger partial charge in [0.25, 0.3) is 5.91 Å². The topological polar surface area (TPSA) is 46.3 Å². The molecule has 126 valence electrons. The molecule has 1 amide bonds. The number of carbonyl (C=O) groups is 1. The lowest BCUT2D eigenvalue weighted by molar-refractivity contribution is 0.0657. The molecule has 1 fully saturated rings. The summed E-state index contributed by atoms with van der Waals surface area (Å²) in [6.07, 6.45) is 4.44. The minimum absolute atomic E-state index is 0.00826. The lowest BCUT2D eigenvalue weighted by Crippen LogP contribution is -2.44. The molecule has 25 heavy (non-hydrogen) atoms. The highest BCUT2D eigenvalue weighted by Gasteiger charge is 2.42. The van der Waals surface area contributed by atoms with E-state index in [0.29, 0.717) is 11.3 Å². The van der Waals surface area contributed by atoms with Crippen LogP contribution >= 0.6 is 0 Å². The van der Waals surface area contributed by atoms with E-state index in [1.165, 1.54) is 17.5 Å². The van der Waals surface area contributed by atoms with Crippen molar-refractivity contribution in [1.82, 2.24) is 10.1 Å². The second-order valence-corrected chi connectivity index (χ2v) is 7.26. The Morgan fingerprint density at radius 1 is 1.00 bits per heavy atom. The number of likely N-dealkylation sites (tertiary alicyclic amines) is 1. The summed E-state index contributed by atoms with van der Waals surface area (Å²) in [4.78, 5) is 14.9. The molecule has 0 saturated carbocycles. The van der Waals surface area contributed by atoms with Gasteiger partial charge in [0, 0.05) is 13.1 Å². The Labute approximate surface area is 146 Å². The Hall–Kier alpha value is -2.62. The van der Waals surface area contributed by atoms with Gasteiger partial charge in [-0.05, 0) is 54.4 Å². The summed E-state index contributed by atoms with van der Waals surface area (Å²) in [5.41, 5.74) is 4.38. The highest BCUT2D eigenvalue weighted by atomic mass is 16.5. The molecule has 0 bridgehead atoms. The number of aryl methyl sites for hydroxylation is 1. The quantitative estimate of drug-likeness (QED) is 0.678. The maximum Gasteiger partial charge on any atom is 0.276 e. The summed E-state index contributed by atoms with van der Waals surface area (Å²) in [5.74, 6) is -0.00826. The van der Waals surface area contributed by atoms with Gasteiger partial charge in [-0.2, -0.15) is 0 Å². The van der Waals surface area contributed by atoms with Gasteiger partial charge < -0.3 is 9.42 Å². The van der Waals surface area contributed by atoms with Crippen molar-refractivity contribution >= 4 is 16.9 Å². The number of aromatic nitrogens is 1. The van der Waals surface area contributed by atoms with Crippen molar-refractivity contribution in [3.8, 4) is 0 Å². The number of fused-ring (bicyclic) bond motifs is 3. The fourth-order valence-corrected chi connectivity index (χ4v) is 4.61. The third-order valence-corrected chi connectivity index (χ3v) is 6.05. The first kappa shape index (κ1) is 14.7. The predicted molar refractivity (Wildman–Crippen MR) is 95.6 cm³/mol. The minimum Gasteiger partial charge on any atom is -0.355 e. The van der Waals surface area contributed by atoms with Gasteiger partial charge in [0.15, 0.2) is 11.3 Å². The SMILES string of the molecule is O=C(c1noc2ccccc12)N1CCC2(CCc3ccccc32)CC1. The van der Waals surface area contributed by atoms with Crippen LogP contribution in [0.2, 0.25) is 0 Å². The molecular formula is C21H20N2O2. The van der Waals surface area contributed by atoms with E-state index in [1.54, 1.807) is 0 Å². The monoisotopic (exact) mass is 332 g/mol. The van der Waals surface area contributed by atoms with Gasteiger partial charge in [0.2, 0.25) is 0 Å². The Kier molecular flexibility index (Phi) is 3.20. The van der Waals surface area contributed by atoms with Gasteiger partial charge in [0.1, 0.15) is 0 Å². The van der Waals surface area contributed by atoms with Gasteiger partial charge in [-0.25, -0.2) is 0 Å². The second-order valence-electron chi connectivity index (χ2n) is 7.26. The summed E-state index contributed by atoms with van der Waals surface area (Å²) in [5, 5.41) is 4.83. The zero-order valence-electron chi connectivity index (χ0n) is 14.1. The van der Waals surface area contributed by atoms with E-state index in [-0.39, 0.29) is 11.3 Å². The van der Waals surface area contributed by atoms with Crippen molar-refractivity contribution in [2.75, 3.05) is 13.1 Å². The van der Waals surface area contributed by atoms with E-state index >= 15 is 0 Å². The highest BCUT2D eigenvalue weighted by molar-refractivity contribution is 6.04. The number of piperidine rings is 1. The molecule has 5 rings (SSSR count). The van der Waals surface area contributed by atoms with Crippen molar-refractivity contribution in [2.24, 2.45) is 0 Å². The van der Waals surface area contributed by atoms with Crippen molar-refractivity contribution in [2.45, 2.75) is 31.1 Å². The van der Waals surface area contributed by atoms with Crippen molar-refractivity contribution < 1.29 is 9.32 Å². The number of para-hydroxylation sites is 1. The molecule has 3 aromatic rings. The molecule has 0 N–H and O–H groups in total. The molecular weight excluding hydrogens is 312 g/mol. The molecule has 2 aliphatic rings. The molecule has 1 aromatic heterocycles. The molecule has 1 aliphatic heterocycles. The predicted octanol–water partition coefficient (Wildman–Crippen LogP) is 3.95. The maximum atomic E-state index is 12.9. The van der Waals surface area contributed by atoms with E-state index in [1.807, 2.05) is 29.2 Å². The number of rotatable bonds is 1. The van der Waals surface area contributed by atoms with E-state index in [9.17, 15) is 4.79 Å². The van der Waals surface area contributed by atoms with Crippen molar-refractivity contribution in [3.05, 3.63) is 65.4 Å². The largest absolute Gasteiger partial charge is 0.355 e. The van der Waals surface area contributed by atoms with Crippen molar-refractivity contribution in [3.63, 3.8) is 0 Å². The minimum atomic E-state index is -0.00826. The highest BCUT2D eigenvalue weighted by Crippen LogP contribution is 2.46. The van der Waals surface area contributed by atoms with Crippen LogP contribution in [-0.2, 0) is 11.8 Å². The van der Waals surface area contributed by atoms with E-state index in [2.05, 4.69) is 29.4 Å². The summed E-state index contributed by atoms with van der Waals surface area (Å²) in [6, 6.07) is 16.4. The third-order valence-electron chi connectivity index (χ3n) is 6.05. The van der Waals surface area contributed by atoms with Gasteiger partial charge in [-0.1, -0.05) is 41.6 Å². The molecule has 0 unspecified atom stereocenters. The molecule has 2 heterocycles. The first-order valence-corrected chi connectivity index (χ1v) is 8.99. The average Bonchev–Trinajstić information content (AvgIpc) is 3.25. The zero-order valence-corrected chi connectivity index (χ0v) is 14.1. The zero-order chi connectivity index (χ0) is 16.9. The van der Waals surface area contributed by atoms with Gasteiger partial charge in [0.05, 0.1) is 5.39 Å². The number of carbonyl (C=O) groups excluding carboxylic acids is 1. The Morgan fingerprint density at radius 2 is 1.76 bits per heavy atom. The third kappa shape index (κ3) is 2.20. The molecule has 2 aromatic carbocycles. The molecule has 1 aliphatic carbocycles. The lowest BCUT2D eigenvalue weighted by atomic mass is 9.74. The van der Waals surface area contributed by atoms with Crippen LogP contribution in [0.15, 0.2) is 53.1 Å². The van der Waals surface area contributed by atoms with Crippen LogP contribution in [0.25, 0.3) is 11.0 Å². The standard InChI is InChI=1S/C21H20N2O2/c24-20(19-16-6-2-4-8-18(16)25-22-19)23-13-11-21(12-14-23)10-9-15-5-1-3-7-17(15)21/h1-8H,9-14H2. The van der Waals surface area contributed by atoms with Crippen LogP contribution < -0.4 is 0 Å². The number of hydrogen-bond donors (Lipinski definition) is 0. The first-order valence-electron chi connectivity index (χ1n) is 8.99. The number of benzene rings is 2. The van der Waals surface area contributed by atoms with Crippen LogP contribution in [-0.4, -0.2) is 29.1 Å². The van der Waals surface area contributed by atoms with Crippen LogP contribution in [0.1, 0.15) is 40.9 Å². The smallest absolute Gasteiger partial charge is 0.276 e. The molecule has 0 atom stereocenters. The van der Waals surface area contributed by atoms with Gasteiger partial charge in [-0.15, -0.1) is 0 Å². The normalized spacial score (nSPS) is 18.6. The lowest BCUT2D eigenvalue weighted by Gasteiger charge is -2.40. The molecule has 4 nitrogen and oxygen atoms in total. The summed E-state index contributed by atoms with van der Waals surface area (Å²) >= 11 is 0. The molecule has 1 saturated heterocycles. The Bertz CT molecular complexity index is 951. The maximum absolute atomic E-state index is 12.9. The first-order chi connectivity index (χ1) is 12.3.